The average Bonchev–Trinajstić information content (AvgIpc) is 2.32. The average molecular weight is 268 g/mol. The minimum absolute atomic E-state index is 0.0197. The van der Waals surface area contributed by atoms with Crippen LogP contribution < -0.4 is 0 Å². The molecule has 1 aliphatic rings. The second-order valence-corrected chi connectivity index (χ2v) is 6.06. The lowest BCUT2D eigenvalue weighted by Gasteiger charge is -2.33. The van der Waals surface area contributed by atoms with E-state index in [1.54, 1.807) is 6.07 Å². The zero-order valence-corrected chi connectivity index (χ0v) is 11.5. The highest BCUT2D eigenvalue weighted by molar-refractivity contribution is 6.30. The van der Waals surface area contributed by atoms with Crippen LogP contribution in [0.5, 0.6) is 0 Å². The first-order valence-electron chi connectivity index (χ1n) is 6.29. The number of rotatable bonds is 2. The molecular formula is C14H18ClNO2. The van der Waals surface area contributed by atoms with Gasteiger partial charge in [0.05, 0.1) is 0 Å². The molecule has 3 nitrogen and oxygen atoms in total. The summed E-state index contributed by atoms with van der Waals surface area (Å²) in [5.41, 5.74) is 0.657. The van der Waals surface area contributed by atoms with E-state index >= 15 is 0 Å². The zero-order chi connectivity index (χ0) is 13.2. The van der Waals surface area contributed by atoms with Crippen LogP contribution in [0.2, 0.25) is 5.02 Å². The van der Waals surface area contributed by atoms with E-state index in [1.807, 2.05) is 0 Å². The van der Waals surface area contributed by atoms with Crippen LogP contribution in [0.1, 0.15) is 50.0 Å². The first kappa shape index (κ1) is 13.3. The molecule has 1 heterocycles. The number of ether oxygens (including phenoxy) is 1. The first-order valence-corrected chi connectivity index (χ1v) is 6.67. The molecule has 0 unspecified atom stereocenters. The molecular weight excluding hydrogens is 250 g/mol. The van der Waals surface area contributed by atoms with Gasteiger partial charge in [0.2, 0.25) is 0 Å². The predicted molar refractivity (Wildman–Crippen MR) is 70.7 cm³/mol. The number of hydrogen-bond acceptors (Lipinski definition) is 3. The second-order valence-electron chi connectivity index (χ2n) is 5.63. The van der Waals surface area contributed by atoms with E-state index in [9.17, 15) is 4.79 Å². The summed E-state index contributed by atoms with van der Waals surface area (Å²) in [5, 5.41) is 0.502. The van der Waals surface area contributed by atoms with Crippen molar-refractivity contribution in [3.8, 4) is 0 Å². The molecule has 0 atom stereocenters. The van der Waals surface area contributed by atoms with Crippen molar-refractivity contribution < 1.29 is 9.53 Å². The molecule has 0 amide bonds. The Kier molecular flexibility index (Phi) is 3.91. The van der Waals surface area contributed by atoms with Gasteiger partial charge in [0.25, 0.3) is 0 Å². The van der Waals surface area contributed by atoms with E-state index in [4.69, 9.17) is 16.3 Å². The van der Waals surface area contributed by atoms with Gasteiger partial charge in [0.15, 0.2) is 0 Å². The molecule has 0 bridgehead atoms. The quantitative estimate of drug-likeness (QED) is 0.764. The molecule has 0 aliphatic heterocycles. The lowest BCUT2D eigenvalue weighted by atomic mass is 9.76. The maximum atomic E-state index is 11.9. The Bertz CT molecular complexity index is 435. The molecule has 1 aromatic rings. The molecule has 1 fully saturated rings. The summed E-state index contributed by atoms with van der Waals surface area (Å²) in [6, 6.07) is 3.18. The topological polar surface area (TPSA) is 39.2 Å². The maximum absolute atomic E-state index is 11.9. The third-order valence-electron chi connectivity index (χ3n) is 3.49. The molecule has 1 aliphatic carbocycles. The van der Waals surface area contributed by atoms with Crippen LogP contribution in [0.3, 0.4) is 0 Å². The maximum Gasteiger partial charge on any atom is 0.357 e. The van der Waals surface area contributed by atoms with Crippen molar-refractivity contribution in [1.82, 2.24) is 4.98 Å². The standard InChI is InChI=1S/C14H18ClNO2/c1-14(2)6-3-11(4-7-14)18-13(17)12-9-10(15)5-8-16-12/h5,8-9,11H,3-4,6-7H2,1-2H3. The summed E-state index contributed by atoms with van der Waals surface area (Å²) in [6.45, 7) is 4.51. The van der Waals surface area contributed by atoms with E-state index in [0.717, 1.165) is 25.7 Å². The fourth-order valence-corrected chi connectivity index (χ4v) is 2.38. The van der Waals surface area contributed by atoms with Crippen molar-refractivity contribution in [3.63, 3.8) is 0 Å². The highest BCUT2D eigenvalue weighted by Gasteiger charge is 2.29. The largest absolute Gasteiger partial charge is 0.458 e. The van der Waals surface area contributed by atoms with Crippen molar-refractivity contribution in [2.45, 2.75) is 45.6 Å². The van der Waals surface area contributed by atoms with Crippen LogP contribution in [0.25, 0.3) is 0 Å². The van der Waals surface area contributed by atoms with Gasteiger partial charge in [-0.15, -0.1) is 0 Å². The van der Waals surface area contributed by atoms with Crippen LogP contribution in [-0.2, 0) is 4.74 Å². The monoisotopic (exact) mass is 267 g/mol. The fraction of sp³-hybridized carbons (Fsp3) is 0.571. The molecule has 1 aromatic heterocycles. The minimum atomic E-state index is -0.373. The van der Waals surface area contributed by atoms with Gasteiger partial charge in [0, 0.05) is 11.2 Å². The lowest BCUT2D eigenvalue weighted by molar-refractivity contribution is 0.00891. The zero-order valence-electron chi connectivity index (χ0n) is 10.8. The smallest absolute Gasteiger partial charge is 0.357 e. The van der Waals surface area contributed by atoms with Crippen molar-refractivity contribution >= 4 is 17.6 Å². The minimum Gasteiger partial charge on any atom is -0.458 e. The Morgan fingerprint density at radius 1 is 1.44 bits per heavy atom. The Hall–Kier alpha value is -1.09. The second kappa shape index (κ2) is 5.27. The third kappa shape index (κ3) is 3.45. The highest BCUT2D eigenvalue weighted by atomic mass is 35.5. The summed E-state index contributed by atoms with van der Waals surface area (Å²) in [7, 11) is 0. The van der Waals surface area contributed by atoms with Crippen LogP contribution in [0.15, 0.2) is 18.3 Å². The lowest BCUT2D eigenvalue weighted by Crippen LogP contribution is -2.28. The number of pyridine rings is 1. The molecule has 18 heavy (non-hydrogen) atoms. The van der Waals surface area contributed by atoms with Gasteiger partial charge in [-0.05, 0) is 43.2 Å². The number of hydrogen-bond donors (Lipinski definition) is 0. The molecule has 1 saturated carbocycles. The molecule has 0 aromatic carbocycles. The molecule has 0 saturated heterocycles. The number of nitrogens with zero attached hydrogens (tertiary/aromatic N) is 1. The van der Waals surface area contributed by atoms with Gasteiger partial charge in [-0.3, -0.25) is 0 Å². The van der Waals surface area contributed by atoms with E-state index in [0.29, 0.717) is 10.4 Å². The summed E-state index contributed by atoms with van der Waals surface area (Å²) in [5.74, 6) is -0.373. The molecule has 0 radical (unpaired) electrons. The van der Waals surface area contributed by atoms with E-state index in [2.05, 4.69) is 18.8 Å². The number of carbonyl (C=O) groups is 1. The van der Waals surface area contributed by atoms with Crippen LogP contribution in [-0.4, -0.2) is 17.1 Å². The molecule has 0 spiro atoms. The van der Waals surface area contributed by atoms with Crippen LogP contribution in [0, 0.1) is 5.41 Å². The van der Waals surface area contributed by atoms with Gasteiger partial charge in [-0.1, -0.05) is 25.4 Å². The van der Waals surface area contributed by atoms with E-state index in [-0.39, 0.29) is 17.8 Å². The van der Waals surface area contributed by atoms with Gasteiger partial charge < -0.3 is 4.74 Å². The summed E-state index contributed by atoms with van der Waals surface area (Å²) < 4.78 is 5.47. The predicted octanol–water partition coefficient (Wildman–Crippen LogP) is 3.86. The summed E-state index contributed by atoms with van der Waals surface area (Å²) in [4.78, 5) is 15.9. The first-order chi connectivity index (χ1) is 8.46. The molecule has 4 heteroatoms. The molecule has 0 N–H and O–H groups in total. The highest BCUT2D eigenvalue weighted by Crippen LogP contribution is 2.36. The van der Waals surface area contributed by atoms with Gasteiger partial charge in [-0.25, -0.2) is 9.78 Å². The third-order valence-corrected chi connectivity index (χ3v) is 3.73. The molecule has 98 valence electrons. The van der Waals surface area contributed by atoms with Crippen molar-refractivity contribution in [2.24, 2.45) is 5.41 Å². The Labute approximate surface area is 113 Å². The number of carbonyl (C=O) groups excluding carboxylic acids is 1. The summed E-state index contributed by atoms with van der Waals surface area (Å²) >= 11 is 5.82. The van der Waals surface area contributed by atoms with E-state index < -0.39 is 0 Å². The number of aromatic nitrogens is 1. The Balaban J connectivity index is 1.93. The van der Waals surface area contributed by atoms with Crippen molar-refractivity contribution in [1.29, 1.82) is 0 Å². The molecule has 2 rings (SSSR count). The Morgan fingerprint density at radius 2 is 2.11 bits per heavy atom. The van der Waals surface area contributed by atoms with Crippen molar-refractivity contribution in [3.05, 3.63) is 29.0 Å². The summed E-state index contributed by atoms with van der Waals surface area (Å²) in [6.07, 6.45) is 5.58. The van der Waals surface area contributed by atoms with Gasteiger partial charge in [-0.2, -0.15) is 0 Å². The fourth-order valence-electron chi connectivity index (χ4n) is 2.22. The van der Waals surface area contributed by atoms with Gasteiger partial charge >= 0.3 is 5.97 Å². The van der Waals surface area contributed by atoms with E-state index in [1.165, 1.54) is 12.3 Å². The Morgan fingerprint density at radius 3 is 2.72 bits per heavy atom. The van der Waals surface area contributed by atoms with Gasteiger partial charge in [0.1, 0.15) is 11.8 Å². The SMILES string of the molecule is CC1(C)CCC(OC(=O)c2cc(Cl)ccn2)CC1. The van der Waals surface area contributed by atoms with Crippen LogP contribution >= 0.6 is 11.6 Å². The number of esters is 1. The normalized spacial score (nSPS) is 19.5. The number of halogens is 1. The van der Waals surface area contributed by atoms with Crippen molar-refractivity contribution in [2.75, 3.05) is 0 Å². The van der Waals surface area contributed by atoms with Crippen LogP contribution in [0.4, 0.5) is 0 Å².